The summed E-state index contributed by atoms with van der Waals surface area (Å²) in [4.78, 5) is 31.1. The molecule has 2 aromatic heterocycles. The zero-order valence-electron chi connectivity index (χ0n) is 19.0. The van der Waals surface area contributed by atoms with Crippen LogP contribution in [0.5, 0.6) is 0 Å². The molecule has 0 bridgehead atoms. The number of carbonyl (C=O) groups excluding carboxylic acids is 2. The molecular formula is C26H28ClNO4S. The second kappa shape index (κ2) is 10.2. The van der Waals surface area contributed by atoms with Crippen LogP contribution in [0.25, 0.3) is 21.5 Å². The van der Waals surface area contributed by atoms with Gasteiger partial charge in [-0.25, -0.2) is 14.6 Å². The average molecular weight is 486 g/mol. The van der Waals surface area contributed by atoms with Crippen molar-refractivity contribution in [3.05, 3.63) is 52.4 Å². The van der Waals surface area contributed by atoms with Gasteiger partial charge in [0, 0.05) is 5.39 Å². The van der Waals surface area contributed by atoms with E-state index in [1.54, 1.807) is 12.1 Å². The summed E-state index contributed by atoms with van der Waals surface area (Å²) in [6.07, 6.45) is 2.93. The van der Waals surface area contributed by atoms with Crippen molar-refractivity contribution in [1.29, 1.82) is 0 Å². The van der Waals surface area contributed by atoms with E-state index in [9.17, 15) is 9.59 Å². The van der Waals surface area contributed by atoms with Crippen molar-refractivity contribution < 1.29 is 19.1 Å². The fourth-order valence-corrected chi connectivity index (χ4v) is 5.58. The van der Waals surface area contributed by atoms with Gasteiger partial charge in [-0.2, -0.15) is 0 Å². The molecule has 33 heavy (non-hydrogen) atoms. The quantitative estimate of drug-likeness (QED) is 0.360. The highest BCUT2D eigenvalue weighted by molar-refractivity contribution is 7.19. The van der Waals surface area contributed by atoms with Gasteiger partial charge in [0.05, 0.1) is 26.0 Å². The zero-order valence-corrected chi connectivity index (χ0v) is 20.6. The highest BCUT2D eigenvalue weighted by Crippen LogP contribution is 2.35. The van der Waals surface area contributed by atoms with Crippen molar-refractivity contribution in [3.8, 4) is 10.6 Å². The molecule has 0 radical (unpaired) electrons. The lowest BCUT2D eigenvalue weighted by Gasteiger charge is -2.36. The molecule has 1 aromatic carbocycles. The third-order valence-corrected chi connectivity index (χ3v) is 7.58. The first-order valence-electron chi connectivity index (χ1n) is 11.3. The molecular weight excluding hydrogens is 458 g/mol. The Bertz CT molecular complexity index is 1160. The van der Waals surface area contributed by atoms with Crippen LogP contribution in [0, 0.1) is 17.8 Å². The van der Waals surface area contributed by atoms with E-state index in [2.05, 4.69) is 25.8 Å². The molecule has 174 valence electrons. The van der Waals surface area contributed by atoms with Crippen molar-refractivity contribution in [3.63, 3.8) is 0 Å². The van der Waals surface area contributed by atoms with Gasteiger partial charge in [-0.1, -0.05) is 57.0 Å². The van der Waals surface area contributed by atoms with E-state index in [0.717, 1.165) is 24.1 Å². The monoisotopic (exact) mass is 485 g/mol. The fraction of sp³-hybridized carbons (Fsp3) is 0.423. The maximum atomic E-state index is 13.0. The van der Waals surface area contributed by atoms with Crippen LogP contribution >= 0.6 is 22.9 Å². The highest BCUT2D eigenvalue weighted by atomic mass is 35.5. The first kappa shape index (κ1) is 23.7. The molecule has 0 N–H and O–H groups in total. The van der Waals surface area contributed by atoms with Crippen LogP contribution in [-0.2, 0) is 14.3 Å². The lowest BCUT2D eigenvalue weighted by molar-refractivity contribution is -0.159. The topological polar surface area (TPSA) is 65.5 Å². The second-order valence-corrected chi connectivity index (χ2v) is 10.8. The van der Waals surface area contributed by atoms with Crippen molar-refractivity contribution in [2.75, 3.05) is 6.61 Å². The van der Waals surface area contributed by atoms with Gasteiger partial charge in [0.15, 0.2) is 6.61 Å². The number of pyridine rings is 1. The molecule has 0 amide bonds. The number of carbonyl (C=O) groups is 2. The number of halogens is 1. The first-order chi connectivity index (χ1) is 15.8. The minimum absolute atomic E-state index is 0.128. The average Bonchev–Trinajstić information content (AvgIpc) is 3.23. The number of para-hydroxylation sites is 1. The number of hydrogen-bond donors (Lipinski definition) is 0. The summed E-state index contributed by atoms with van der Waals surface area (Å²) in [6.45, 7) is 6.10. The van der Waals surface area contributed by atoms with Crippen LogP contribution in [0.1, 0.15) is 50.4 Å². The Labute approximate surface area is 203 Å². The number of fused-ring (bicyclic) bond motifs is 1. The Morgan fingerprint density at radius 1 is 1.18 bits per heavy atom. The summed E-state index contributed by atoms with van der Waals surface area (Å²) in [5, 5.41) is 0.670. The van der Waals surface area contributed by atoms with Crippen molar-refractivity contribution in [1.82, 2.24) is 4.98 Å². The molecule has 1 fully saturated rings. The third-order valence-electron chi connectivity index (χ3n) is 6.33. The van der Waals surface area contributed by atoms with E-state index in [1.807, 2.05) is 30.3 Å². The number of rotatable bonds is 6. The minimum atomic E-state index is -0.577. The predicted molar refractivity (Wildman–Crippen MR) is 132 cm³/mol. The van der Waals surface area contributed by atoms with Crippen LogP contribution < -0.4 is 0 Å². The standard InChI is InChI=1S/C26H28ClNO4S/c1-15(2)17-9-8-16(3)12-22(17)32-25(29)14-31-26(30)19-13-21(23-10-11-24(27)33-23)28-20-7-5-4-6-18(19)20/h4-7,10-11,13,15-17,22H,8-9,12,14H2,1-3H3/t16-,17-,22-/m1/s1. The van der Waals surface area contributed by atoms with Crippen molar-refractivity contribution in [2.45, 2.75) is 46.1 Å². The van der Waals surface area contributed by atoms with Crippen LogP contribution in [0.4, 0.5) is 0 Å². The van der Waals surface area contributed by atoms with Crippen LogP contribution in [-0.4, -0.2) is 29.6 Å². The van der Waals surface area contributed by atoms with E-state index in [1.165, 1.54) is 11.3 Å². The molecule has 0 aliphatic heterocycles. The van der Waals surface area contributed by atoms with E-state index < -0.39 is 18.5 Å². The summed E-state index contributed by atoms with van der Waals surface area (Å²) in [6, 6.07) is 12.7. The number of esters is 2. The molecule has 0 unspecified atom stereocenters. The zero-order chi connectivity index (χ0) is 23.5. The molecule has 1 aliphatic rings. The molecule has 7 heteroatoms. The van der Waals surface area contributed by atoms with Gasteiger partial charge in [0.25, 0.3) is 0 Å². The van der Waals surface area contributed by atoms with Crippen molar-refractivity contribution in [2.24, 2.45) is 17.8 Å². The second-order valence-electron chi connectivity index (χ2n) is 9.11. The molecule has 2 heterocycles. The summed E-state index contributed by atoms with van der Waals surface area (Å²) in [5.74, 6) is 0.215. The summed E-state index contributed by atoms with van der Waals surface area (Å²) in [7, 11) is 0. The normalized spacial score (nSPS) is 20.7. The van der Waals surface area contributed by atoms with E-state index in [4.69, 9.17) is 21.1 Å². The maximum Gasteiger partial charge on any atom is 0.344 e. The molecule has 1 aliphatic carbocycles. The minimum Gasteiger partial charge on any atom is -0.460 e. The van der Waals surface area contributed by atoms with Gasteiger partial charge in [0.2, 0.25) is 0 Å². The Morgan fingerprint density at radius 2 is 1.97 bits per heavy atom. The van der Waals surface area contributed by atoms with Gasteiger partial charge < -0.3 is 9.47 Å². The number of thiophene rings is 1. The number of aromatic nitrogens is 1. The Kier molecular flexibility index (Phi) is 7.35. The van der Waals surface area contributed by atoms with Crippen LogP contribution in [0.3, 0.4) is 0 Å². The molecule has 0 spiro atoms. The van der Waals surface area contributed by atoms with Gasteiger partial charge in [-0.3, -0.25) is 0 Å². The molecule has 3 atom stereocenters. The van der Waals surface area contributed by atoms with Crippen LogP contribution in [0.15, 0.2) is 42.5 Å². The Hall–Kier alpha value is -2.44. The van der Waals surface area contributed by atoms with Crippen molar-refractivity contribution >= 4 is 45.8 Å². The predicted octanol–water partition coefficient (Wildman–Crippen LogP) is 6.78. The van der Waals surface area contributed by atoms with Gasteiger partial charge in [-0.05, 0) is 54.9 Å². The molecule has 4 rings (SSSR count). The van der Waals surface area contributed by atoms with Crippen LogP contribution in [0.2, 0.25) is 4.34 Å². The summed E-state index contributed by atoms with van der Waals surface area (Å²) >= 11 is 7.47. The smallest absolute Gasteiger partial charge is 0.344 e. The SMILES string of the molecule is CC(C)[C@H]1CC[C@@H](C)C[C@H]1OC(=O)COC(=O)c1cc(-c2ccc(Cl)s2)nc2ccccc12. The fourth-order valence-electron chi connectivity index (χ4n) is 4.58. The molecule has 0 saturated heterocycles. The summed E-state index contributed by atoms with van der Waals surface area (Å²) < 4.78 is 11.8. The molecule has 1 saturated carbocycles. The number of ether oxygens (including phenoxy) is 2. The molecule has 5 nitrogen and oxygen atoms in total. The lowest BCUT2D eigenvalue weighted by Crippen LogP contribution is -2.36. The largest absolute Gasteiger partial charge is 0.460 e. The number of nitrogens with zero attached hydrogens (tertiary/aromatic N) is 1. The van der Waals surface area contributed by atoms with E-state index in [0.29, 0.717) is 44.3 Å². The van der Waals surface area contributed by atoms with Gasteiger partial charge in [0.1, 0.15) is 6.10 Å². The number of benzene rings is 1. The highest BCUT2D eigenvalue weighted by Gasteiger charge is 2.33. The number of hydrogen-bond acceptors (Lipinski definition) is 6. The first-order valence-corrected chi connectivity index (χ1v) is 12.5. The van der Waals surface area contributed by atoms with E-state index >= 15 is 0 Å². The lowest BCUT2D eigenvalue weighted by atomic mass is 9.75. The maximum absolute atomic E-state index is 13.0. The molecule has 3 aromatic rings. The third kappa shape index (κ3) is 5.56. The Balaban J connectivity index is 1.49. The van der Waals surface area contributed by atoms with Gasteiger partial charge >= 0.3 is 11.9 Å². The van der Waals surface area contributed by atoms with Gasteiger partial charge in [-0.15, -0.1) is 11.3 Å². The Morgan fingerprint density at radius 3 is 2.70 bits per heavy atom. The van der Waals surface area contributed by atoms with E-state index in [-0.39, 0.29) is 6.10 Å². The summed E-state index contributed by atoms with van der Waals surface area (Å²) in [5.41, 5.74) is 1.67.